The third kappa shape index (κ3) is 3.17. The molecule has 0 atom stereocenters. The van der Waals surface area contributed by atoms with E-state index in [9.17, 15) is 0 Å². The van der Waals surface area contributed by atoms with Crippen molar-refractivity contribution in [3.05, 3.63) is 35.1 Å². The van der Waals surface area contributed by atoms with Crippen LogP contribution in [-0.4, -0.2) is 24.0 Å². The van der Waals surface area contributed by atoms with Crippen LogP contribution in [0.4, 0.5) is 5.69 Å². The van der Waals surface area contributed by atoms with Crippen molar-refractivity contribution in [1.82, 2.24) is 9.78 Å². The van der Waals surface area contributed by atoms with Gasteiger partial charge in [-0.1, -0.05) is 11.6 Å². The van der Waals surface area contributed by atoms with Crippen LogP contribution in [-0.2, 0) is 13.1 Å². The molecule has 0 aliphatic rings. The molecule has 2 aromatic rings. The Hall–Kier alpha value is -1.88. The molecule has 2 rings (SSSR count). The zero-order chi connectivity index (χ0) is 14.5. The predicted molar refractivity (Wildman–Crippen MR) is 79.8 cm³/mol. The number of benzene rings is 1. The highest BCUT2D eigenvalue weighted by molar-refractivity contribution is 6.33. The van der Waals surface area contributed by atoms with E-state index in [2.05, 4.69) is 17.3 Å². The van der Waals surface area contributed by atoms with Crippen LogP contribution in [0.3, 0.4) is 0 Å². The summed E-state index contributed by atoms with van der Waals surface area (Å²) in [5.74, 6) is 1.26. The molecule has 0 bridgehead atoms. The van der Waals surface area contributed by atoms with Gasteiger partial charge in [0.1, 0.15) is 0 Å². The van der Waals surface area contributed by atoms with Gasteiger partial charge in [0.25, 0.3) is 0 Å². The fourth-order valence-electron chi connectivity index (χ4n) is 1.86. The Morgan fingerprint density at radius 2 is 1.95 bits per heavy atom. The average molecular weight is 296 g/mol. The van der Waals surface area contributed by atoms with Gasteiger partial charge in [0, 0.05) is 37.0 Å². The molecule has 1 N–H and O–H groups in total. The maximum absolute atomic E-state index is 6.22. The summed E-state index contributed by atoms with van der Waals surface area (Å²) >= 11 is 6.22. The lowest BCUT2D eigenvalue weighted by Gasteiger charge is -2.12. The molecular formula is C14H18ClN3O2. The van der Waals surface area contributed by atoms with E-state index in [1.54, 1.807) is 20.3 Å². The standard InChI is InChI=1S/C14H18ClN3O2/c1-4-18-9-10(8-17-18)7-16-12-6-14(20-3)13(19-2)5-11(12)15/h5-6,8-9,16H,4,7H2,1-3H3. The maximum atomic E-state index is 6.22. The normalized spacial score (nSPS) is 10.4. The first-order chi connectivity index (χ1) is 9.67. The Labute approximate surface area is 123 Å². The lowest BCUT2D eigenvalue weighted by atomic mass is 10.2. The number of methoxy groups -OCH3 is 2. The van der Waals surface area contributed by atoms with Gasteiger partial charge in [-0.05, 0) is 6.92 Å². The maximum Gasteiger partial charge on any atom is 0.162 e. The summed E-state index contributed by atoms with van der Waals surface area (Å²) in [5, 5.41) is 8.09. The third-order valence-electron chi connectivity index (χ3n) is 2.97. The number of halogens is 1. The highest BCUT2D eigenvalue weighted by Crippen LogP contribution is 2.36. The molecule has 0 saturated heterocycles. The van der Waals surface area contributed by atoms with Crippen molar-refractivity contribution in [3.8, 4) is 11.5 Å². The molecular weight excluding hydrogens is 278 g/mol. The van der Waals surface area contributed by atoms with E-state index in [-0.39, 0.29) is 0 Å². The Kier molecular flexibility index (Phi) is 4.74. The number of ether oxygens (including phenoxy) is 2. The fraction of sp³-hybridized carbons (Fsp3) is 0.357. The quantitative estimate of drug-likeness (QED) is 0.889. The van der Waals surface area contributed by atoms with Gasteiger partial charge in [0.15, 0.2) is 11.5 Å². The van der Waals surface area contributed by atoms with Crippen LogP contribution in [0.2, 0.25) is 5.02 Å². The van der Waals surface area contributed by atoms with Crippen LogP contribution in [0.25, 0.3) is 0 Å². The summed E-state index contributed by atoms with van der Waals surface area (Å²) in [7, 11) is 3.18. The van der Waals surface area contributed by atoms with E-state index in [4.69, 9.17) is 21.1 Å². The summed E-state index contributed by atoms with van der Waals surface area (Å²) in [6.07, 6.45) is 3.84. The molecule has 0 aliphatic carbocycles. The molecule has 20 heavy (non-hydrogen) atoms. The predicted octanol–water partition coefficient (Wildman–Crippen LogP) is 3.19. The van der Waals surface area contributed by atoms with E-state index in [1.807, 2.05) is 23.1 Å². The summed E-state index contributed by atoms with van der Waals surface area (Å²) in [4.78, 5) is 0. The first-order valence-corrected chi connectivity index (χ1v) is 6.72. The second-order valence-corrected chi connectivity index (χ2v) is 4.65. The van der Waals surface area contributed by atoms with E-state index in [1.165, 1.54) is 0 Å². The van der Waals surface area contributed by atoms with E-state index in [0.29, 0.717) is 23.1 Å². The number of aryl methyl sites for hydroxylation is 1. The van der Waals surface area contributed by atoms with Crippen molar-refractivity contribution in [3.63, 3.8) is 0 Å². The summed E-state index contributed by atoms with van der Waals surface area (Å²) in [5.41, 5.74) is 1.89. The van der Waals surface area contributed by atoms with Crippen molar-refractivity contribution in [2.24, 2.45) is 0 Å². The Bertz CT molecular complexity index is 584. The minimum Gasteiger partial charge on any atom is -0.493 e. The van der Waals surface area contributed by atoms with Gasteiger partial charge in [-0.3, -0.25) is 4.68 Å². The van der Waals surface area contributed by atoms with Crippen molar-refractivity contribution in [2.75, 3.05) is 19.5 Å². The summed E-state index contributed by atoms with van der Waals surface area (Å²) in [6.45, 7) is 3.56. The lowest BCUT2D eigenvalue weighted by molar-refractivity contribution is 0.355. The van der Waals surface area contributed by atoms with Crippen LogP contribution in [0, 0.1) is 0 Å². The van der Waals surface area contributed by atoms with E-state index < -0.39 is 0 Å². The zero-order valence-corrected chi connectivity index (χ0v) is 12.6. The van der Waals surface area contributed by atoms with Crippen molar-refractivity contribution >= 4 is 17.3 Å². The molecule has 0 amide bonds. The number of hydrogen-bond donors (Lipinski definition) is 1. The Morgan fingerprint density at radius 1 is 1.25 bits per heavy atom. The Morgan fingerprint density at radius 3 is 2.55 bits per heavy atom. The molecule has 0 unspecified atom stereocenters. The number of hydrogen-bond acceptors (Lipinski definition) is 4. The van der Waals surface area contributed by atoms with Crippen LogP contribution < -0.4 is 14.8 Å². The fourth-order valence-corrected chi connectivity index (χ4v) is 2.08. The minimum atomic E-state index is 0.588. The van der Waals surface area contributed by atoms with Gasteiger partial charge in [-0.15, -0.1) is 0 Å². The average Bonchev–Trinajstić information content (AvgIpc) is 2.93. The van der Waals surface area contributed by atoms with Gasteiger partial charge < -0.3 is 14.8 Å². The molecule has 1 aromatic heterocycles. The van der Waals surface area contributed by atoms with Gasteiger partial charge in [-0.25, -0.2) is 0 Å². The summed E-state index contributed by atoms with van der Waals surface area (Å²) in [6, 6.07) is 3.56. The second-order valence-electron chi connectivity index (χ2n) is 4.24. The van der Waals surface area contributed by atoms with Crippen LogP contribution in [0.1, 0.15) is 12.5 Å². The molecule has 1 heterocycles. The van der Waals surface area contributed by atoms with Crippen LogP contribution in [0.5, 0.6) is 11.5 Å². The smallest absolute Gasteiger partial charge is 0.162 e. The molecule has 0 aliphatic heterocycles. The number of anilines is 1. The van der Waals surface area contributed by atoms with Crippen molar-refractivity contribution < 1.29 is 9.47 Å². The number of nitrogens with zero attached hydrogens (tertiary/aromatic N) is 2. The largest absolute Gasteiger partial charge is 0.493 e. The van der Waals surface area contributed by atoms with Crippen molar-refractivity contribution in [1.29, 1.82) is 0 Å². The first kappa shape index (κ1) is 14.5. The molecule has 0 saturated carbocycles. The van der Waals surface area contributed by atoms with Gasteiger partial charge in [0.05, 0.1) is 31.1 Å². The van der Waals surface area contributed by atoms with Gasteiger partial charge in [0.2, 0.25) is 0 Å². The zero-order valence-electron chi connectivity index (χ0n) is 11.8. The molecule has 108 valence electrons. The summed E-state index contributed by atoms with van der Waals surface area (Å²) < 4.78 is 12.3. The second kappa shape index (κ2) is 6.52. The monoisotopic (exact) mass is 295 g/mol. The van der Waals surface area contributed by atoms with Crippen LogP contribution >= 0.6 is 11.6 Å². The van der Waals surface area contributed by atoms with E-state index in [0.717, 1.165) is 17.8 Å². The Balaban J connectivity index is 2.12. The molecule has 0 radical (unpaired) electrons. The van der Waals surface area contributed by atoms with Gasteiger partial charge in [-0.2, -0.15) is 5.10 Å². The first-order valence-electron chi connectivity index (χ1n) is 6.34. The highest BCUT2D eigenvalue weighted by atomic mass is 35.5. The van der Waals surface area contributed by atoms with Gasteiger partial charge >= 0.3 is 0 Å². The third-order valence-corrected chi connectivity index (χ3v) is 3.28. The minimum absolute atomic E-state index is 0.588. The lowest BCUT2D eigenvalue weighted by Crippen LogP contribution is -2.01. The van der Waals surface area contributed by atoms with Crippen LogP contribution in [0.15, 0.2) is 24.5 Å². The highest BCUT2D eigenvalue weighted by Gasteiger charge is 2.09. The molecule has 0 fully saturated rings. The number of rotatable bonds is 6. The molecule has 6 heteroatoms. The number of aromatic nitrogens is 2. The molecule has 5 nitrogen and oxygen atoms in total. The SMILES string of the molecule is CCn1cc(CNc2cc(OC)c(OC)cc2Cl)cn1. The topological polar surface area (TPSA) is 48.3 Å². The van der Waals surface area contributed by atoms with Crippen molar-refractivity contribution in [2.45, 2.75) is 20.0 Å². The van der Waals surface area contributed by atoms with E-state index >= 15 is 0 Å². The molecule has 1 aromatic carbocycles. The molecule has 0 spiro atoms. The number of nitrogens with one attached hydrogen (secondary N) is 1.